The molecular weight excluding hydrogens is 270 g/mol. The molecule has 0 radical (unpaired) electrons. The van der Waals surface area contributed by atoms with E-state index < -0.39 is 6.43 Å². The van der Waals surface area contributed by atoms with Crippen LogP contribution in [0.3, 0.4) is 0 Å². The molecule has 106 valence electrons. The van der Waals surface area contributed by atoms with Crippen molar-refractivity contribution < 1.29 is 8.78 Å². The first-order valence-electron chi connectivity index (χ1n) is 6.67. The fourth-order valence-electron chi connectivity index (χ4n) is 2.25. The molecule has 1 N–H and O–H groups in total. The Kier molecular flexibility index (Phi) is 3.77. The minimum absolute atomic E-state index is 0.0509. The van der Waals surface area contributed by atoms with Crippen LogP contribution in [-0.2, 0) is 6.54 Å². The van der Waals surface area contributed by atoms with E-state index in [1.165, 1.54) is 12.1 Å². The van der Waals surface area contributed by atoms with Crippen molar-refractivity contribution in [3.8, 4) is 0 Å². The molecule has 0 aliphatic rings. The fraction of sp³-hybridized carbons (Fsp3) is 0.118. The van der Waals surface area contributed by atoms with Crippen molar-refractivity contribution in [2.45, 2.75) is 13.0 Å². The molecule has 0 aliphatic heterocycles. The molecule has 0 saturated heterocycles. The van der Waals surface area contributed by atoms with Gasteiger partial charge in [0.25, 0.3) is 6.43 Å². The van der Waals surface area contributed by atoms with Gasteiger partial charge in [0.05, 0.1) is 0 Å². The van der Waals surface area contributed by atoms with E-state index in [4.69, 9.17) is 0 Å². The lowest BCUT2D eigenvalue weighted by Crippen LogP contribution is -2.00. The number of pyridine rings is 1. The summed E-state index contributed by atoms with van der Waals surface area (Å²) in [5.74, 6) is 0. The Morgan fingerprint density at radius 1 is 1.00 bits per heavy atom. The molecule has 3 rings (SSSR count). The minimum Gasteiger partial charge on any atom is -0.380 e. The SMILES string of the molecule is FC(F)c1ccc(CNc2cccc3cnccc23)cc1. The van der Waals surface area contributed by atoms with Gasteiger partial charge >= 0.3 is 0 Å². The highest BCUT2D eigenvalue weighted by molar-refractivity contribution is 5.93. The number of aromatic nitrogens is 1. The average Bonchev–Trinajstić information content (AvgIpc) is 2.53. The zero-order chi connectivity index (χ0) is 14.7. The van der Waals surface area contributed by atoms with Crippen LogP contribution in [0.1, 0.15) is 17.6 Å². The quantitative estimate of drug-likeness (QED) is 0.745. The van der Waals surface area contributed by atoms with Crippen LogP contribution in [0, 0.1) is 0 Å². The summed E-state index contributed by atoms with van der Waals surface area (Å²) in [7, 11) is 0. The summed E-state index contributed by atoms with van der Waals surface area (Å²) in [6.45, 7) is 0.588. The number of alkyl halides is 2. The maximum Gasteiger partial charge on any atom is 0.263 e. The number of anilines is 1. The van der Waals surface area contributed by atoms with Gasteiger partial charge in [-0.25, -0.2) is 8.78 Å². The van der Waals surface area contributed by atoms with E-state index in [2.05, 4.69) is 10.3 Å². The summed E-state index contributed by atoms with van der Waals surface area (Å²) < 4.78 is 25.0. The molecule has 0 bridgehead atoms. The van der Waals surface area contributed by atoms with Gasteiger partial charge in [-0.1, -0.05) is 36.4 Å². The number of nitrogens with one attached hydrogen (secondary N) is 1. The normalized spacial score (nSPS) is 11.0. The van der Waals surface area contributed by atoms with Crippen LogP contribution in [0.25, 0.3) is 10.8 Å². The smallest absolute Gasteiger partial charge is 0.263 e. The van der Waals surface area contributed by atoms with Crippen molar-refractivity contribution in [1.82, 2.24) is 4.98 Å². The summed E-state index contributed by atoms with van der Waals surface area (Å²) in [5.41, 5.74) is 2.02. The van der Waals surface area contributed by atoms with Crippen LogP contribution in [0.15, 0.2) is 60.9 Å². The predicted octanol–water partition coefficient (Wildman–Crippen LogP) is 4.78. The van der Waals surface area contributed by atoms with Gasteiger partial charge in [-0.15, -0.1) is 0 Å². The molecule has 4 heteroatoms. The number of rotatable bonds is 4. The Hall–Kier alpha value is -2.49. The van der Waals surface area contributed by atoms with Crippen molar-refractivity contribution in [2.24, 2.45) is 0 Å². The van der Waals surface area contributed by atoms with Crippen LogP contribution in [0.4, 0.5) is 14.5 Å². The summed E-state index contributed by atoms with van der Waals surface area (Å²) in [5, 5.41) is 5.50. The molecule has 0 aliphatic carbocycles. The molecule has 0 fully saturated rings. The summed E-state index contributed by atoms with van der Waals surface area (Å²) >= 11 is 0. The summed E-state index contributed by atoms with van der Waals surface area (Å²) in [6, 6.07) is 14.3. The van der Waals surface area contributed by atoms with Crippen molar-refractivity contribution >= 4 is 16.5 Å². The molecule has 0 atom stereocenters. The summed E-state index contributed by atoms with van der Waals surface area (Å²) in [4.78, 5) is 4.10. The molecule has 2 aromatic carbocycles. The minimum atomic E-state index is -2.42. The molecule has 0 spiro atoms. The molecule has 1 heterocycles. The first kappa shape index (κ1) is 13.5. The number of hydrogen-bond acceptors (Lipinski definition) is 2. The second-order valence-corrected chi connectivity index (χ2v) is 4.80. The zero-order valence-corrected chi connectivity index (χ0v) is 11.3. The average molecular weight is 284 g/mol. The molecule has 0 amide bonds. The zero-order valence-electron chi connectivity index (χ0n) is 11.3. The Labute approximate surface area is 121 Å². The lowest BCUT2D eigenvalue weighted by Gasteiger charge is -2.10. The van der Waals surface area contributed by atoms with Crippen LogP contribution < -0.4 is 5.32 Å². The first-order valence-corrected chi connectivity index (χ1v) is 6.67. The standard InChI is InChI=1S/C17H14F2N2/c18-17(19)13-6-4-12(5-7-13)10-21-16-3-1-2-14-11-20-9-8-15(14)16/h1-9,11,17,21H,10H2. The van der Waals surface area contributed by atoms with E-state index in [9.17, 15) is 8.78 Å². The van der Waals surface area contributed by atoms with Gasteiger partial charge in [0, 0.05) is 41.0 Å². The Balaban J connectivity index is 1.77. The maximum atomic E-state index is 12.5. The third-order valence-electron chi connectivity index (χ3n) is 3.40. The topological polar surface area (TPSA) is 24.9 Å². The van der Waals surface area contributed by atoms with Crippen molar-refractivity contribution in [3.05, 3.63) is 72.1 Å². The van der Waals surface area contributed by atoms with Crippen molar-refractivity contribution in [1.29, 1.82) is 0 Å². The lowest BCUT2D eigenvalue weighted by atomic mass is 10.1. The molecular formula is C17H14F2N2. The first-order chi connectivity index (χ1) is 10.2. The van der Waals surface area contributed by atoms with Crippen molar-refractivity contribution in [3.63, 3.8) is 0 Å². The van der Waals surface area contributed by atoms with Gasteiger partial charge in [0.15, 0.2) is 0 Å². The lowest BCUT2D eigenvalue weighted by molar-refractivity contribution is 0.151. The number of nitrogens with zero attached hydrogens (tertiary/aromatic N) is 1. The molecule has 3 aromatic rings. The highest BCUT2D eigenvalue weighted by Gasteiger charge is 2.06. The molecule has 2 nitrogen and oxygen atoms in total. The third kappa shape index (κ3) is 2.99. The van der Waals surface area contributed by atoms with Gasteiger partial charge in [0.1, 0.15) is 0 Å². The number of benzene rings is 2. The molecule has 0 saturated carbocycles. The second-order valence-electron chi connectivity index (χ2n) is 4.80. The van der Waals surface area contributed by atoms with Gasteiger partial charge in [-0.05, 0) is 17.7 Å². The largest absolute Gasteiger partial charge is 0.380 e. The van der Waals surface area contributed by atoms with Gasteiger partial charge in [-0.3, -0.25) is 4.98 Å². The highest BCUT2D eigenvalue weighted by Crippen LogP contribution is 2.23. The van der Waals surface area contributed by atoms with Gasteiger partial charge in [0.2, 0.25) is 0 Å². The van der Waals surface area contributed by atoms with E-state index in [0.717, 1.165) is 22.0 Å². The van der Waals surface area contributed by atoms with E-state index in [1.54, 1.807) is 18.3 Å². The Morgan fingerprint density at radius 3 is 2.57 bits per heavy atom. The summed E-state index contributed by atoms with van der Waals surface area (Å²) in [6.07, 6.45) is 1.15. The van der Waals surface area contributed by atoms with Crippen molar-refractivity contribution in [2.75, 3.05) is 5.32 Å². The van der Waals surface area contributed by atoms with Gasteiger partial charge < -0.3 is 5.32 Å². The Bertz CT molecular complexity index is 734. The predicted molar refractivity (Wildman–Crippen MR) is 80.5 cm³/mol. The maximum absolute atomic E-state index is 12.5. The van der Waals surface area contributed by atoms with E-state index in [-0.39, 0.29) is 5.56 Å². The molecule has 0 unspecified atom stereocenters. The second kappa shape index (κ2) is 5.87. The molecule has 21 heavy (non-hydrogen) atoms. The third-order valence-corrected chi connectivity index (χ3v) is 3.40. The van der Waals surface area contributed by atoms with E-state index in [0.29, 0.717) is 6.54 Å². The number of fused-ring (bicyclic) bond motifs is 1. The fourth-order valence-corrected chi connectivity index (χ4v) is 2.25. The van der Waals surface area contributed by atoms with Crippen LogP contribution in [0.5, 0.6) is 0 Å². The number of halogens is 2. The monoisotopic (exact) mass is 284 g/mol. The highest BCUT2D eigenvalue weighted by atomic mass is 19.3. The van der Waals surface area contributed by atoms with Crippen LogP contribution in [-0.4, -0.2) is 4.98 Å². The number of hydrogen-bond donors (Lipinski definition) is 1. The van der Waals surface area contributed by atoms with E-state index in [1.807, 2.05) is 30.5 Å². The van der Waals surface area contributed by atoms with Crippen LogP contribution in [0.2, 0.25) is 0 Å². The van der Waals surface area contributed by atoms with Gasteiger partial charge in [-0.2, -0.15) is 0 Å². The Morgan fingerprint density at radius 2 is 1.81 bits per heavy atom. The van der Waals surface area contributed by atoms with Crippen LogP contribution >= 0.6 is 0 Å². The molecule has 1 aromatic heterocycles. The van der Waals surface area contributed by atoms with E-state index >= 15 is 0 Å².